The second-order valence-corrected chi connectivity index (χ2v) is 25.8. The molecule has 5 N–H and O–H groups in total. The van der Waals surface area contributed by atoms with Gasteiger partial charge in [0.15, 0.2) is 11.3 Å². The number of benzene rings is 2. The molecule has 7 rings (SSSR count). The predicted molar refractivity (Wildman–Crippen MR) is 333 cm³/mol. The van der Waals surface area contributed by atoms with Crippen molar-refractivity contribution in [1.82, 2.24) is 55.7 Å². The molecule has 28 heteroatoms. The van der Waals surface area contributed by atoms with Gasteiger partial charge in [-0.2, -0.15) is 0 Å². The highest BCUT2D eigenvalue weighted by molar-refractivity contribution is 6.09. The van der Waals surface area contributed by atoms with Gasteiger partial charge in [0.1, 0.15) is 66.1 Å². The van der Waals surface area contributed by atoms with Gasteiger partial charge in [0.2, 0.25) is 58.1 Å². The molecule has 28 nitrogen and oxygen atoms in total. The second kappa shape index (κ2) is 28.8. The highest BCUT2D eigenvalue weighted by Gasteiger charge is 2.47. The number of hydrogen-bond acceptors (Lipinski definition) is 17. The third-order valence-electron chi connectivity index (χ3n) is 18.6. The summed E-state index contributed by atoms with van der Waals surface area (Å²) >= 11 is 0. The normalized spacial score (nSPS) is 26.5. The Balaban J connectivity index is 1.33. The highest BCUT2D eigenvalue weighted by atomic mass is 16.6. The average Bonchev–Trinajstić information content (AvgIpc) is 1.10. The molecule has 4 fully saturated rings. The second-order valence-electron chi connectivity index (χ2n) is 25.8. The Bertz CT molecular complexity index is 3520. The number of nitrogens with zero attached hydrogens (tertiary/aromatic N) is 6. The maximum absolute atomic E-state index is 15.2. The summed E-state index contributed by atoms with van der Waals surface area (Å²) in [5.41, 5.74) is -4.47. The fourth-order valence-electron chi connectivity index (χ4n) is 12.6. The molecule has 0 aromatic heterocycles. The quantitative estimate of drug-likeness (QED) is 0.108. The number of ether oxygens (including phenoxy) is 2. The molecular weight excluding hydrogens is 1190 g/mol. The fraction of sp³-hybridized carbons (Fsp3) is 0.625. The molecule has 1 aromatic rings. The number of rotatable bonds is 10. The molecule has 5 heterocycles. The topological polar surface area (TPSA) is 354 Å². The Morgan fingerprint density at radius 2 is 1.02 bits per heavy atom. The van der Waals surface area contributed by atoms with E-state index in [-0.39, 0.29) is 53.9 Å². The number of hydrogen-bond donors (Lipinski definition) is 5. The van der Waals surface area contributed by atoms with E-state index in [0.717, 1.165) is 9.80 Å². The first-order valence-electron chi connectivity index (χ1n) is 31.6. The number of amides is 10. The maximum atomic E-state index is 15.2. The summed E-state index contributed by atoms with van der Waals surface area (Å²) in [6.07, 6.45) is -1.06. The summed E-state index contributed by atoms with van der Waals surface area (Å²) in [6, 6.07) is -8.08. The minimum absolute atomic E-state index is 0.0789. The van der Waals surface area contributed by atoms with Gasteiger partial charge in [-0.1, -0.05) is 74.3 Å². The lowest BCUT2D eigenvalue weighted by Crippen LogP contribution is -2.62. The van der Waals surface area contributed by atoms with Gasteiger partial charge in [-0.05, 0) is 88.7 Å². The number of aromatic amines is 1. The Labute approximate surface area is 533 Å². The van der Waals surface area contributed by atoms with Gasteiger partial charge in [-0.3, -0.25) is 57.5 Å². The number of nitrogens with one attached hydrogen (secondary N) is 5. The molecule has 1 aromatic carbocycles. The molecule has 10 amide bonds. The third-order valence-corrected chi connectivity index (χ3v) is 18.6. The first-order chi connectivity index (χ1) is 43.2. The number of fused-ring (bicyclic) bond motifs is 4. The van der Waals surface area contributed by atoms with Gasteiger partial charge in [-0.15, -0.1) is 0 Å². The Morgan fingerprint density at radius 3 is 1.43 bits per heavy atom. The van der Waals surface area contributed by atoms with Crippen LogP contribution in [-0.2, 0) is 57.4 Å². The van der Waals surface area contributed by atoms with Crippen molar-refractivity contribution < 1.29 is 71.4 Å². The van der Waals surface area contributed by atoms with Crippen LogP contribution in [0.5, 0.6) is 0 Å². The van der Waals surface area contributed by atoms with Crippen LogP contribution in [0.25, 0.3) is 22.6 Å². The highest BCUT2D eigenvalue weighted by Crippen LogP contribution is 2.33. The van der Waals surface area contributed by atoms with Gasteiger partial charge < -0.3 is 69.5 Å². The fourth-order valence-corrected chi connectivity index (χ4v) is 12.6. The first-order valence-corrected chi connectivity index (χ1v) is 31.6. The zero-order valence-corrected chi connectivity index (χ0v) is 55.4. The summed E-state index contributed by atoms with van der Waals surface area (Å²) in [6.45, 7) is 18.5. The van der Waals surface area contributed by atoms with Crippen LogP contribution in [0.15, 0.2) is 26.1 Å². The summed E-state index contributed by atoms with van der Waals surface area (Å²) < 4.78 is 18.3. The van der Waals surface area contributed by atoms with Crippen molar-refractivity contribution in [2.45, 2.75) is 182 Å². The summed E-state index contributed by atoms with van der Waals surface area (Å²) in [7, 11) is 5.57. The van der Waals surface area contributed by atoms with E-state index in [1.807, 2.05) is 0 Å². The summed E-state index contributed by atoms with van der Waals surface area (Å²) in [4.78, 5) is 213. The molecule has 0 saturated carbocycles. The number of carbonyl (C=O) groups is 12. The van der Waals surface area contributed by atoms with E-state index in [9.17, 15) is 57.5 Å². The van der Waals surface area contributed by atoms with E-state index in [1.165, 1.54) is 80.7 Å². The van der Waals surface area contributed by atoms with Gasteiger partial charge >= 0.3 is 11.9 Å². The molecular formula is C64H89N11O17. The van der Waals surface area contributed by atoms with Crippen molar-refractivity contribution in [3.05, 3.63) is 54.8 Å². The van der Waals surface area contributed by atoms with Gasteiger partial charge in [0, 0.05) is 46.8 Å². The number of aryl methyl sites for hydroxylation is 1. The third kappa shape index (κ3) is 14.2. The lowest BCUT2D eigenvalue weighted by molar-refractivity contribution is -0.163. The molecule has 0 bridgehead atoms. The Kier molecular flexibility index (Phi) is 22.2. The van der Waals surface area contributed by atoms with E-state index in [4.69, 9.17) is 13.9 Å². The standard InChI is InChI=1S/C64H89N11O17/c1-17-31(7)43-61(86)74-25-19-21-38(74)59(84)70(13)27-40(76)72(15)49(29(3)4)63(88)90-35(11)45(57(82)66-43)68-55(80)37-24-23-33(9)53-47(37)65-48-42(52(79)51(78)34(10)54(48)92-53)56(81)69-46-36(12)91-64(89)50(30(5)6)73(16)41(77)28-71(14)60(85)39-22-20-26-75(39)62(87)44(32(8)18-2)67-58(46)83/h23-24,29-32,35-36,38-39,43-46,49-50,65H,17-22,25-28H2,1-16H3,(H,66,82)(H,67,83)(H,68,80)(H,69,81). The van der Waals surface area contributed by atoms with Crippen LogP contribution in [0.1, 0.15) is 140 Å². The van der Waals surface area contributed by atoms with Crippen molar-refractivity contribution in [2.24, 2.45) is 23.7 Å². The number of carbonyl (C=O) groups excluding carboxylic acids is 12. The molecule has 92 heavy (non-hydrogen) atoms. The molecule has 5 aliphatic heterocycles. The molecule has 6 aliphatic rings. The van der Waals surface area contributed by atoms with Crippen LogP contribution in [0.4, 0.5) is 0 Å². The van der Waals surface area contributed by atoms with E-state index >= 15 is 9.59 Å². The van der Waals surface area contributed by atoms with E-state index < -0.39 is 190 Å². The van der Waals surface area contributed by atoms with Crippen LogP contribution >= 0.6 is 0 Å². The number of cyclic esters (lactones) is 2. The number of H-pyrrole nitrogens is 1. The minimum atomic E-state index is -1.95. The molecule has 12 unspecified atom stereocenters. The van der Waals surface area contributed by atoms with Crippen LogP contribution in [0.3, 0.4) is 0 Å². The maximum Gasteiger partial charge on any atom is 0.329 e. The Morgan fingerprint density at radius 1 is 0.598 bits per heavy atom. The lowest BCUT2D eigenvalue weighted by atomic mass is 9.96. The van der Waals surface area contributed by atoms with Crippen LogP contribution in [-0.4, -0.2) is 220 Å². The number of esters is 2. The molecule has 502 valence electrons. The van der Waals surface area contributed by atoms with E-state index in [1.54, 1.807) is 62.3 Å². The molecule has 12 atom stereocenters. The molecule has 0 spiro atoms. The largest absolute Gasteiger partial charge is 0.458 e. The summed E-state index contributed by atoms with van der Waals surface area (Å²) in [5.74, 6) is -12.7. The van der Waals surface area contributed by atoms with Crippen molar-refractivity contribution in [2.75, 3.05) is 54.4 Å². The van der Waals surface area contributed by atoms with E-state index in [2.05, 4.69) is 26.3 Å². The zero-order chi connectivity index (χ0) is 68.4. The van der Waals surface area contributed by atoms with Crippen molar-refractivity contribution in [3.8, 4) is 11.5 Å². The van der Waals surface area contributed by atoms with Crippen LogP contribution in [0, 0.1) is 37.5 Å². The zero-order valence-electron chi connectivity index (χ0n) is 55.4. The number of aromatic nitrogens is 1. The SMILES string of the molecule is CCC(C)C1NC(=O)C(NC(=O)c2c3[nH]c4c(C(=O)NC5C(=O)NC(C(C)CC)C(=O)N6CCCC6C(=O)N(C)CC(=O)N(C)C(C(C)C)C(=O)OC5C)ccc(C)c4oc-3c(C)c(=O)c2=O)C(C)OC(=O)C(C(C)C)N(C)C(=O)CN(C)C(=O)C2CCCN2C1=O. The average molecular weight is 1280 g/mol. The first kappa shape index (κ1) is 70.7. The summed E-state index contributed by atoms with van der Waals surface area (Å²) in [5, 5.41) is 10.7. The van der Waals surface area contributed by atoms with Gasteiger partial charge in [-0.25, -0.2) is 9.59 Å². The van der Waals surface area contributed by atoms with Crippen LogP contribution in [0.2, 0.25) is 0 Å². The minimum Gasteiger partial charge on any atom is -0.458 e. The monoisotopic (exact) mass is 1280 g/mol. The molecule has 4 saturated heterocycles. The lowest BCUT2D eigenvalue weighted by Gasteiger charge is -2.36. The van der Waals surface area contributed by atoms with Crippen molar-refractivity contribution in [3.63, 3.8) is 0 Å². The van der Waals surface area contributed by atoms with Gasteiger partial charge in [0.05, 0.1) is 29.9 Å². The van der Waals surface area contributed by atoms with Gasteiger partial charge in [0.25, 0.3) is 11.8 Å². The predicted octanol–water partition coefficient (Wildman–Crippen LogP) is 1.22. The Hall–Kier alpha value is -8.72. The molecule has 0 radical (unpaired) electrons. The smallest absolute Gasteiger partial charge is 0.329 e. The van der Waals surface area contributed by atoms with Crippen molar-refractivity contribution >= 4 is 82.1 Å². The number of likely N-dealkylation sites (N-methyl/N-ethyl adjacent to an activating group) is 4. The van der Waals surface area contributed by atoms with E-state index in [0.29, 0.717) is 31.2 Å². The van der Waals surface area contributed by atoms with Crippen molar-refractivity contribution in [1.29, 1.82) is 0 Å². The van der Waals surface area contributed by atoms with Crippen LogP contribution < -0.4 is 32.1 Å². The molecule has 1 aliphatic carbocycles.